The molecule has 1 aliphatic rings. The maximum absolute atomic E-state index is 5.56. The van der Waals surface area contributed by atoms with Crippen LogP contribution in [-0.2, 0) is 9.47 Å². The van der Waals surface area contributed by atoms with E-state index in [1.165, 1.54) is 12.8 Å². The minimum absolute atomic E-state index is 0.334. The number of nitrogens with one attached hydrogen (secondary N) is 1. The van der Waals surface area contributed by atoms with Gasteiger partial charge in [0.15, 0.2) is 0 Å². The first-order chi connectivity index (χ1) is 8.18. The van der Waals surface area contributed by atoms with Gasteiger partial charge in [-0.05, 0) is 33.7 Å². The molecular formula is C13H28N2O2. The van der Waals surface area contributed by atoms with Crippen LogP contribution in [0.15, 0.2) is 0 Å². The lowest BCUT2D eigenvalue weighted by molar-refractivity contribution is 0.0636. The largest absolute Gasteiger partial charge is 0.377 e. The Bertz CT molecular complexity index is 182. The first-order valence-corrected chi connectivity index (χ1v) is 6.81. The van der Waals surface area contributed by atoms with Gasteiger partial charge in [0.2, 0.25) is 0 Å². The number of nitrogens with zero attached hydrogens (tertiary/aromatic N) is 1. The molecule has 1 N–H and O–H groups in total. The summed E-state index contributed by atoms with van der Waals surface area (Å²) in [5.41, 5.74) is 0. The van der Waals surface area contributed by atoms with E-state index in [9.17, 15) is 0 Å². The van der Waals surface area contributed by atoms with Gasteiger partial charge < -0.3 is 19.7 Å². The van der Waals surface area contributed by atoms with Gasteiger partial charge in [0.1, 0.15) is 0 Å². The summed E-state index contributed by atoms with van der Waals surface area (Å²) in [5, 5.41) is 3.45. The molecule has 0 saturated carbocycles. The monoisotopic (exact) mass is 244 g/mol. The average Bonchev–Trinajstić information content (AvgIpc) is 2.76. The van der Waals surface area contributed by atoms with Crippen molar-refractivity contribution >= 4 is 0 Å². The summed E-state index contributed by atoms with van der Waals surface area (Å²) in [5.74, 6) is 0. The van der Waals surface area contributed by atoms with E-state index in [1.807, 2.05) is 0 Å². The summed E-state index contributed by atoms with van der Waals surface area (Å²) in [6, 6.07) is 0. The molecule has 1 saturated heterocycles. The molecule has 1 rings (SSSR count). The molecule has 0 aromatic rings. The highest BCUT2D eigenvalue weighted by Gasteiger charge is 2.14. The Morgan fingerprint density at radius 3 is 2.88 bits per heavy atom. The summed E-state index contributed by atoms with van der Waals surface area (Å²) in [7, 11) is 2.14. The number of likely N-dealkylation sites (N-methyl/N-ethyl adjacent to an activating group) is 1. The molecule has 0 aromatic carbocycles. The van der Waals surface area contributed by atoms with E-state index in [0.29, 0.717) is 12.2 Å². The maximum Gasteiger partial charge on any atom is 0.0700 e. The zero-order valence-corrected chi connectivity index (χ0v) is 11.6. The molecular weight excluding hydrogens is 216 g/mol. The molecule has 0 bridgehead atoms. The molecule has 1 aliphatic heterocycles. The minimum Gasteiger partial charge on any atom is -0.377 e. The molecule has 0 amide bonds. The fraction of sp³-hybridized carbons (Fsp3) is 1.00. The van der Waals surface area contributed by atoms with Crippen LogP contribution < -0.4 is 5.32 Å². The van der Waals surface area contributed by atoms with Gasteiger partial charge in [0.25, 0.3) is 0 Å². The molecule has 0 spiro atoms. The normalized spacial score (nSPS) is 20.6. The van der Waals surface area contributed by atoms with Gasteiger partial charge in [-0.2, -0.15) is 0 Å². The highest BCUT2D eigenvalue weighted by atomic mass is 16.5. The van der Waals surface area contributed by atoms with Gasteiger partial charge in [-0.25, -0.2) is 0 Å². The third kappa shape index (κ3) is 7.71. The molecule has 17 heavy (non-hydrogen) atoms. The van der Waals surface area contributed by atoms with Gasteiger partial charge >= 0.3 is 0 Å². The van der Waals surface area contributed by atoms with Gasteiger partial charge in [0, 0.05) is 32.8 Å². The number of ether oxygens (including phenoxy) is 2. The van der Waals surface area contributed by atoms with Crippen molar-refractivity contribution in [1.82, 2.24) is 10.2 Å². The summed E-state index contributed by atoms with van der Waals surface area (Å²) in [4.78, 5) is 2.30. The Hall–Kier alpha value is -0.160. The van der Waals surface area contributed by atoms with E-state index in [1.54, 1.807) is 0 Å². The van der Waals surface area contributed by atoms with Crippen molar-refractivity contribution in [2.75, 3.05) is 46.4 Å². The van der Waals surface area contributed by atoms with Gasteiger partial charge in [-0.3, -0.25) is 0 Å². The van der Waals surface area contributed by atoms with Crippen LogP contribution in [0.4, 0.5) is 0 Å². The molecule has 4 heteroatoms. The summed E-state index contributed by atoms with van der Waals surface area (Å²) >= 11 is 0. The van der Waals surface area contributed by atoms with Crippen molar-refractivity contribution in [3.8, 4) is 0 Å². The van der Waals surface area contributed by atoms with Gasteiger partial charge in [0.05, 0.1) is 18.8 Å². The van der Waals surface area contributed by atoms with Crippen LogP contribution in [0.2, 0.25) is 0 Å². The molecule has 4 nitrogen and oxygen atoms in total. The van der Waals surface area contributed by atoms with E-state index in [-0.39, 0.29) is 0 Å². The Morgan fingerprint density at radius 1 is 1.41 bits per heavy atom. The van der Waals surface area contributed by atoms with Crippen LogP contribution in [0, 0.1) is 0 Å². The third-order valence-corrected chi connectivity index (χ3v) is 2.99. The van der Waals surface area contributed by atoms with Crippen molar-refractivity contribution in [2.45, 2.75) is 38.9 Å². The number of hydrogen-bond donors (Lipinski definition) is 1. The second-order valence-electron chi connectivity index (χ2n) is 5.06. The predicted molar refractivity (Wildman–Crippen MR) is 70.4 cm³/mol. The van der Waals surface area contributed by atoms with Crippen LogP contribution in [-0.4, -0.2) is 63.5 Å². The van der Waals surface area contributed by atoms with Crippen molar-refractivity contribution in [3.63, 3.8) is 0 Å². The summed E-state index contributed by atoms with van der Waals surface area (Å²) in [6.07, 6.45) is 3.22. The molecule has 1 fully saturated rings. The van der Waals surface area contributed by atoms with Gasteiger partial charge in [-0.15, -0.1) is 0 Å². The first-order valence-electron chi connectivity index (χ1n) is 6.81. The lowest BCUT2D eigenvalue weighted by Crippen LogP contribution is -2.35. The first kappa shape index (κ1) is 14.9. The number of rotatable bonds is 9. The van der Waals surface area contributed by atoms with E-state index >= 15 is 0 Å². The zero-order chi connectivity index (χ0) is 12.5. The van der Waals surface area contributed by atoms with E-state index < -0.39 is 0 Å². The molecule has 0 aliphatic carbocycles. The van der Waals surface area contributed by atoms with Crippen molar-refractivity contribution in [2.24, 2.45) is 0 Å². The van der Waals surface area contributed by atoms with E-state index in [4.69, 9.17) is 9.47 Å². The topological polar surface area (TPSA) is 33.7 Å². The lowest BCUT2D eigenvalue weighted by Gasteiger charge is -2.18. The van der Waals surface area contributed by atoms with Gasteiger partial charge in [-0.1, -0.05) is 0 Å². The average molecular weight is 244 g/mol. The molecule has 0 aromatic heterocycles. The Kier molecular flexibility index (Phi) is 7.77. The Morgan fingerprint density at radius 2 is 2.24 bits per heavy atom. The lowest BCUT2D eigenvalue weighted by atomic mass is 10.2. The Labute approximate surface area is 106 Å². The standard InChI is InChI=1S/C13H28N2O2/c1-12(2)16-10-8-15(3)7-6-14-11-13-5-4-9-17-13/h12-14H,4-11H2,1-3H3. The SMILES string of the molecule is CC(C)OCCN(C)CCNCC1CCCO1. The molecule has 1 unspecified atom stereocenters. The van der Waals surface area contributed by atoms with Crippen LogP contribution in [0.25, 0.3) is 0 Å². The predicted octanol–water partition coefficient (Wildman–Crippen LogP) is 1.11. The van der Waals surface area contributed by atoms with Crippen molar-refractivity contribution in [1.29, 1.82) is 0 Å². The van der Waals surface area contributed by atoms with Crippen molar-refractivity contribution in [3.05, 3.63) is 0 Å². The summed E-state index contributed by atoms with van der Waals surface area (Å²) in [6.45, 7) is 9.99. The van der Waals surface area contributed by atoms with E-state index in [0.717, 1.165) is 39.4 Å². The number of hydrogen-bond acceptors (Lipinski definition) is 4. The van der Waals surface area contributed by atoms with E-state index in [2.05, 4.69) is 31.1 Å². The Balaban J connectivity index is 1.87. The van der Waals surface area contributed by atoms with Crippen LogP contribution in [0.3, 0.4) is 0 Å². The zero-order valence-electron chi connectivity index (χ0n) is 11.6. The molecule has 1 atom stereocenters. The van der Waals surface area contributed by atoms with Crippen LogP contribution in [0.5, 0.6) is 0 Å². The second-order valence-corrected chi connectivity index (χ2v) is 5.06. The van der Waals surface area contributed by atoms with Crippen molar-refractivity contribution < 1.29 is 9.47 Å². The third-order valence-electron chi connectivity index (χ3n) is 2.99. The molecule has 0 radical (unpaired) electrons. The molecule has 1 heterocycles. The second kappa shape index (κ2) is 8.86. The highest BCUT2D eigenvalue weighted by molar-refractivity contribution is 4.67. The van der Waals surface area contributed by atoms with Crippen LogP contribution in [0.1, 0.15) is 26.7 Å². The summed E-state index contributed by atoms with van der Waals surface area (Å²) < 4.78 is 11.1. The van der Waals surface area contributed by atoms with Crippen LogP contribution >= 0.6 is 0 Å². The maximum atomic E-state index is 5.56. The fourth-order valence-corrected chi connectivity index (χ4v) is 1.89. The smallest absolute Gasteiger partial charge is 0.0700 e. The quantitative estimate of drug-likeness (QED) is 0.616. The highest BCUT2D eigenvalue weighted by Crippen LogP contribution is 2.10. The minimum atomic E-state index is 0.334. The fourth-order valence-electron chi connectivity index (χ4n) is 1.89. The molecule has 102 valence electrons.